The molecule has 1 fully saturated rings. The van der Waals surface area contributed by atoms with Gasteiger partial charge in [0.05, 0.1) is 17.6 Å². The molecule has 1 unspecified atom stereocenters. The van der Waals surface area contributed by atoms with Crippen LogP contribution in [0.4, 0.5) is 0 Å². The molecule has 1 aromatic carbocycles. The van der Waals surface area contributed by atoms with Gasteiger partial charge in [0.15, 0.2) is 0 Å². The Morgan fingerprint density at radius 3 is 2.95 bits per heavy atom. The maximum atomic E-state index is 5.70. The molecule has 3 rings (SSSR count). The van der Waals surface area contributed by atoms with Gasteiger partial charge in [-0.1, -0.05) is 18.6 Å². The Morgan fingerprint density at radius 2 is 2.14 bits per heavy atom. The number of nitrogens with two attached hydrogens (primary N) is 1. The van der Waals surface area contributed by atoms with Gasteiger partial charge in [-0.25, -0.2) is 4.98 Å². The smallest absolute Gasteiger partial charge is 0.124 e. The van der Waals surface area contributed by atoms with Crippen molar-refractivity contribution in [1.29, 1.82) is 0 Å². The molecule has 1 atom stereocenters. The summed E-state index contributed by atoms with van der Waals surface area (Å²) < 4.78 is 2.36. The zero-order chi connectivity index (χ0) is 14.7. The molecule has 2 heterocycles. The first-order valence-corrected chi connectivity index (χ1v) is 8.18. The Labute approximate surface area is 126 Å². The number of para-hydroxylation sites is 2. The quantitative estimate of drug-likeness (QED) is 0.919. The van der Waals surface area contributed by atoms with Gasteiger partial charge in [-0.05, 0) is 51.4 Å². The van der Waals surface area contributed by atoms with Crippen molar-refractivity contribution >= 4 is 11.0 Å². The summed E-state index contributed by atoms with van der Waals surface area (Å²) in [4.78, 5) is 7.45. The maximum absolute atomic E-state index is 5.70. The average Bonchev–Trinajstić information content (AvgIpc) is 2.85. The molecule has 1 aliphatic heterocycles. The zero-order valence-corrected chi connectivity index (χ0v) is 13.0. The van der Waals surface area contributed by atoms with Crippen LogP contribution in [0.2, 0.25) is 0 Å². The molecule has 1 aliphatic rings. The van der Waals surface area contributed by atoms with E-state index in [9.17, 15) is 0 Å². The van der Waals surface area contributed by atoms with Crippen LogP contribution >= 0.6 is 0 Å². The van der Waals surface area contributed by atoms with E-state index in [1.165, 1.54) is 37.1 Å². The van der Waals surface area contributed by atoms with Crippen molar-refractivity contribution in [3.63, 3.8) is 0 Å². The lowest BCUT2D eigenvalue weighted by atomic mass is 10.0. The second-order valence-electron chi connectivity index (χ2n) is 6.13. The summed E-state index contributed by atoms with van der Waals surface area (Å²) in [5, 5.41) is 0. The molecule has 0 amide bonds. The van der Waals surface area contributed by atoms with Crippen LogP contribution in [0.1, 0.15) is 38.4 Å². The predicted molar refractivity (Wildman–Crippen MR) is 87.1 cm³/mol. The summed E-state index contributed by atoms with van der Waals surface area (Å²) in [5.74, 6) is 1.19. The summed E-state index contributed by atoms with van der Waals surface area (Å²) in [6.45, 7) is 6.19. The van der Waals surface area contributed by atoms with Gasteiger partial charge in [-0.3, -0.25) is 4.90 Å². The van der Waals surface area contributed by atoms with Gasteiger partial charge in [0.2, 0.25) is 0 Å². The number of aromatic nitrogens is 2. The van der Waals surface area contributed by atoms with Gasteiger partial charge in [-0.15, -0.1) is 0 Å². The van der Waals surface area contributed by atoms with E-state index >= 15 is 0 Å². The number of likely N-dealkylation sites (tertiary alicyclic amines) is 1. The Balaban J connectivity index is 1.88. The molecule has 4 heteroatoms. The first-order valence-electron chi connectivity index (χ1n) is 8.18. The van der Waals surface area contributed by atoms with Crippen LogP contribution in [0, 0.1) is 0 Å². The standard InChI is InChI=1S/C17H26N4/c1-14-7-4-5-11-20(14)13-17-19-15-8-2-3-9-16(15)21(17)12-6-10-18/h2-3,8-9,14H,4-7,10-13,18H2,1H3. The number of aryl methyl sites for hydroxylation is 1. The van der Waals surface area contributed by atoms with Crippen LogP contribution in [0.25, 0.3) is 11.0 Å². The summed E-state index contributed by atoms with van der Waals surface area (Å²) in [7, 11) is 0. The highest BCUT2D eigenvalue weighted by Gasteiger charge is 2.21. The van der Waals surface area contributed by atoms with Gasteiger partial charge < -0.3 is 10.3 Å². The van der Waals surface area contributed by atoms with E-state index in [2.05, 4.69) is 40.7 Å². The second-order valence-corrected chi connectivity index (χ2v) is 6.13. The summed E-state index contributed by atoms with van der Waals surface area (Å²) in [6.07, 6.45) is 4.99. The van der Waals surface area contributed by atoms with Crippen molar-refractivity contribution in [2.75, 3.05) is 13.1 Å². The third-order valence-electron chi connectivity index (χ3n) is 4.60. The maximum Gasteiger partial charge on any atom is 0.124 e. The lowest BCUT2D eigenvalue weighted by Gasteiger charge is -2.33. The molecule has 1 aromatic heterocycles. The molecule has 2 aromatic rings. The number of rotatable bonds is 5. The minimum absolute atomic E-state index is 0.668. The highest BCUT2D eigenvalue weighted by molar-refractivity contribution is 5.75. The van der Waals surface area contributed by atoms with Crippen molar-refractivity contribution in [3.05, 3.63) is 30.1 Å². The molecule has 2 N–H and O–H groups in total. The fourth-order valence-electron chi connectivity index (χ4n) is 3.32. The Kier molecular flexibility index (Phi) is 4.56. The number of hydrogen-bond donors (Lipinski definition) is 1. The number of imidazole rings is 1. The lowest BCUT2D eigenvalue weighted by molar-refractivity contribution is 0.147. The van der Waals surface area contributed by atoms with Gasteiger partial charge in [0.1, 0.15) is 5.82 Å². The van der Waals surface area contributed by atoms with Crippen LogP contribution in [0.15, 0.2) is 24.3 Å². The predicted octanol–water partition coefficient (Wildman–Crippen LogP) is 2.76. The average molecular weight is 286 g/mol. The second kappa shape index (κ2) is 6.58. The van der Waals surface area contributed by atoms with E-state index in [0.717, 1.165) is 31.6 Å². The summed E-state index contributed by atoms with van der Waals surface area (Å²) in [6, 6.07) is 9.10. The van der Waals surface area contributed by atoms with E-state index in [0.29, 0.717) is 6.04 Å². The van der Waals surface area contributed by atoms with Gasteiger partial charge in [0, 0.05) is 12.6 Å². The molecule has 4 nitrogen and oxygen atoms in total. The topological polar surface area (TPSA) is 47.1 Å². The monoisotopic (exact) mass is 286 g/mol. The van der Waals surface area contributed by atoms with E-state index in [4.69, 9.17) is 10.7 Å². The minimum atomic E-state index is 0.668. The SMILES string of the molecule is CC1CCCCN1Cc1nc2ccccc2n1CCCN. The molecular weight excluding hydrogens is 260 g/mol. The summed E-state index contributed by atoms with van der Waals surface area (Å²) in [5.41, 5.74) is 8.05. The number of fused-ring (bicyclic) bond motifs is 1. The highest BCUT2D eigenvalue weighted by atomic mass is 15.2. The van der Waals surface area contributed by atoms with Gasteiger partial charge in [0.25, 0.3) is 0 Å². The third-order valence-corrected chi connectivity index (χ3v) is 4.60. The van der Waals surface area contributed by atoms with Crippen LogP contribution in [-0.4, -0.2) is 33.6 Å². The van der Waals surface area contributed by atoms with Crippen molar-refractivity contribution in [2.45, 2.75) is 51.7 Å². The first kappa shape index (κ1) is 14.5. The Bertz CT molecular complexity index is 589. The molecule has 0 aliphatic carbocycles. The number of hydrogen-bond acceptors (Lipinski definition) is 3. The lowest BCUT2D eigenvalue weighted by Crippen LogP contribution is -2.37. The first-order chi connectivity index (χ1) is 10.3. The Morgan fingerprint density at radius 1 is 1.29 bits per heavy atom. The molecule has 21 heavy (non-hydrogen) atoms. The van der Waals surface area contributed by atoms with E-state index in [1.807, 2.05) is 0 Å². The van der Waals surface area contributed by atoms with Gasteiger partial charge >= 0.3 is 0 Å². The molecular formula is C17H26N4. The van der Waals surface area contributed by atoms with Crippen LogP contribution in [0.5, 0.6) is 0 Å². The van der Waals surface area contributed by atoms with E-state index in [1.54, 1.807) is 0 Å². The van der Waals surface area contributed by atoms with Gasteiger partial charge in [-0.2, -0.15) is 0 Å². The molecule has 0 spiro atoms. The number of nitrogens with zero attached hydrogens (tertiary/aromatic N) is 3. The van der Waals surface area contributed by atoms with Crippen molar-refractivity contribution in [2.24, 2.45) is 5.73 Å². The molecule has 0 saturated carbocycles. The van der Waals surface area contributed by atoms with Crippen LogP contribution in [-0.2, 0) is 13.1 Å². The fraction of sp³-hybridized carbons (Fsp3) is 0.588. The number of piperidine rings is 1. The van der Waals surface area contributed by atoms with E-state index in [-0.39, 0.29) is 0 Å². The largest absolute Gasteiger partial charge is 0.330 e. The Hall–Kier alpha value is -1.39. The summed E-state index contributed by atoms with van der Waals surface area (Å²) >= 11 is 0. The molecule has 0 bridgehead atoms. The van der Waals surface area contributed by atoms with Crippen LogP contribution in [0.3, 0.4) is 0 Å². The minimum Gasteiger partial charge on any atom is -0.330 e. The molecule has 1 saturated heterocycles. The fourth-order valence-corrected chi connectivity index (χ4v) is 3.32. The highest BCUT2D eigenvalue weighted by Crippen LogP contribution is 2.22. The third kappa shape index (κ3) is 3.11. The van der Waals surface area contributed by atoms with Crippen molar-refractivity contribution in [1.82, 2.24) is 14.5 Å². The van der Waals surface area contributed by atoms with Crippen molar-refractivity contribution < 1.29 is 0 Å². The van der Waals surface area contributed by atoms with Crippen LogP contribution < -0.4 is 5.73 Å². The molecule has 114 valence electrons. The van der Waals surface area contributed by atoms with E-state index < -0.39 is 0 Å². The zero-order valence-electron chi connectivity index (χ0n) is 13.0. The normalized spacial score (nSPS) is 20.2. The van der Waals surface area contributed by atoms with Crippen molar-refractivity contribution in [3.8, 4) is 0 Å². The number of benzene rings is 1. The molecule has 0 radical (unpaired) electrons.